The highest BCUT2D eigenvalue weighted by atomic mass is 16.8. The SMILES string of the molecule is C\C=C/C=C\C=C\C1OC(CC)(CC)OC1CO. The Morgan fingerprint density at radius 2 is 1.72 bits per heavy atom. The summed E-state index contributed by atoms with van der Waals surface area (Å²) in [6, 6.07) is 0. The van der Waals surface area contributed by atoms with Crippen LogP contribution < -0.4 is 0 Å². The number of hydrogen-bond donors (Lipinski definition) is 1. The van der Waals surface area contributed by atoms with Crippen LogP contribution in [-0.4, -0.2) is 29.7 Å². The van der Waals surface area contributed by atoms with Crippen molar-refractivity contribution < 1.29 is 14.6 Å². The summed E-state index contributed by atoms with van der Waals surface area (Å²) >= 11 is 0. The van der Waals surface area contributed by atoms with E-state index in [1.807, 2.05) is 57.2 Å². The second-order valence-electron chi connectivity index (χ2n) is 4.33. The molecule has 1 saturated heterocycles. The minimum atomic E-state index is -0.532. The van der Waals surface area contributed by atoms with Crippen molar-refractivity contribution in [2.75, 3.05) is 6.61 Å². The van der Waals surface area contributed by atoms with Gasteiger partial charge in [-0.25, -0.2) is 0 Å². The molecule has 2 unspecified atom stereocenters. The third kappa shape index (κ3) is 3.80. The predicted octanol–water partition coefficient (Wildman–Crippen LogP) is 2.97. The number of aliphatic hydroxyl groups is 1. The van der Waals surface area contributed by atoms with Crippen LogP contribution in [0.4, 0.5) is 0 Å². The fourth-order valence-corrected chi connectivity index (χ4v) is 2.00. The normalized spacial score (nSPS) is 28.0. The van der Waals surface area contributed by atoms with Gasteiger partial charge in [0.25, 0.3) is 0 Å². The molecule has 0 aromatic carbocycles. The smallest absolute Gasteiger partial charge is 0.169 e. The van der Waals surface area contributed by atoms with Crippen LogP contribution in [-0.2, 0) is 9.47 Å². The van der Waals surface area contributed by atoms with Gasteiger partial charge in [-0.3, -0.25) is 0 Å². The van der Waals surface area contributed by atoms with Crippen LogP contribution in [0.15, 0.2) is 36.5 Å². The second-order valence-corrected chi connectivity index (χ2v) is 4.33. The first kappa shape index (κ1) is 15.2. The van der Waals surface area contributed by atoms with E-state index in [9.17, 15) is 5.11 Å². The van der Waals surface area contributed by atoms with Gasteiger partial charge in [0.15, 0.2) is 5.79 Å². The Kier molecular flexibility index (Phi) is 6.33. The standard InChI is InChI=1S/C15H24O3/c1-4-7-8-9-10-11-13-14(12-16)18-15(5-2,6-3)17-13/h4,7-11,13-14,16H,5-6,12H2,1-3H3/b7-4-,9-8-,11-10+. The van der Waals surface area contributed by atoms with Gasteiger partial charge in [-0.05, 0) is 19.8 Å². The van der Waals surface area contributed by atoms with Gasteiger partial charge >= 0.3 is 0 Å². The third-order valence-electron chi connectivity index (χ3n) is 3.17. The molecule has 2 atom stereocenters. The first-order chi connectivity index (χ1) is 8.71. The summed E-state index contributed by atoms with van der Waals surface area (Å²) in [5, 5.41) is 9.33. The summed E-state index contributed by atoms with van der Waals surface area (Å²) in [5.41, 5.74) is 0. The zero-order valence-electron chi connectivity index (χ0n) is 11.5. The van der Waals surface area contributed by atoms with Crippen molar-refractivity contribution in [3.8, 4) is 0 Å². The van der Waals surface area contributed by atoms with E-state index in [0.717, 1.165) is 12.8 Å². The lowest BCUT2D eigenvalue weighted by Gasteiger charge is -2.24. The molecule has 3 heteroatoms. The van der Waals surface area contributed by atoms with Crippen LogP contribution in [0.25, 0.3) is 0 Å². The highest BCUT2D eigenvalue weighted by Gasteiger charge is 2.43. The van der Waals surface area contributed by atoms with Gasteiger partial charge in [0.1, 0.15) is 12.2 Å². The minimum Gasteiger partial charge on any atom is -0.394 e. The largest absolute Gasteiger partial charge is 0.394 e. The van der Waals surface area contributed by atoms with Crippen molar-refractivity contribution in [2.45, 2.75) is 51.6 Å². The monoisotopic (exact) mass is 252 g/mol. The van der Waals surface area contributed by atoms with Crippen molar-refractivity contribution in [2.24, 2.45) is 0 Å². The molecule has 0 saturated carbocycles. The lowest BCUT2D eigenvalue weighted by molar-refractivity contribution is -0.178. The molecule has 1 rings (SSSR count). The van der Waals surface area contributed by atoms with Crippen LogP contribution in [0, 0.1) is 0 Å². The molecule has 3 nitrogen and oxygen atoms in total. The quantitative estimate of drug-likeness (QED) is 0.739. The summed E-state index contributed by atoms with van der Waals surface area (Å²) in [6.07, 6.45) is 12.8. The van der Waals surface area contributed by atoms with Gasteiger partial charge < -0.3 is 14.6 Å². The molecule has 1 aliphatic rings. The van der Waals surface area contributed by atoms with E-state index in [-0.39, 0.29) is 18.8 Å². The molecule has 18 heavy (non-hydrogen) atoms. The van der Waals surface area contributed by atoms with Gasteiger partial charge in [0, 0.05) is 0 Å². The molecule has 1 aliphatic heterocycles. The average Bonchev–Trinajstić information content (AvgIpc) is 2.77. The second kappa shape index (κ2) is 7.52. The van der Waals surface area contributed by atoms with Gasteiger partial charge in [-0.2, -0.15) is 0 Å². The first-order valence-corrected chi connectivity index (χ1v) is 6.64. The van der Waals surface area contributed by atoms with Crippen molar-refractivity contribution >= 4 is 0 Å². The summed E-state index contributed by atoms with van der Waals surface area (Å²) < 4.78 is 11.8. The topological polar surface area (TPSA) is 38.7 Å². The van der Waals surface area contributed by atoms with Crippen molar-refractivity contribution in [3.05, 3.63) is 36.5 Å². The molecular formula is C15H24O3. The Bertz CT molecular complexity index is 314. The van der Waals surface area contributed by atoms with Crippen LogP contribution in [0.5, 0.6) is 0 Å². The Morgan fingerprint density at radius 1 is 1.06 bits per heavy atom. The van der Waals surface area contributed by atoms with E-state index in [1.54, 1.807) is 0 Å². The number of allylic oxidation sites excluding steroid dienone is 5. The summed E-state index contributed by atoms with van der Waals surface area (Å²) in [6.45, 7) is 6.03. The fourth-order valence-electron chi connectivity index (χ4n) is 2.00. The zero-order valence-corrected chi connectivity index (χ0v) is 11.5. The lowest BCUT2D eigenvalue weighted by atomic mass is 10.1. The van der Waals surface area contributed by atoms with E-state index in [4.69, 9.17) is 9.47 Å². The number of aliphatic hydroxyl groups excluding tert-OH is 1. The molecule has 0 bridgehead atoms. The van der Waals surface area contributed by atoms with E-state index >= 15 is 0 Å². The molecule has 0 aromatic rings. The number of hydrogen-bond acceptors (Lipinski definition) is 3. The summed E-state index contributed by atoms with van der Waals surface area (Å²) in [5.74, 6) is -0.532. The molecule has 0 amide bonds. The molecule has 1 fully saturated rings. The maximum atomic E-state index is 9.33. The molecule has 0 spiro atoms. The predicted molar refractivity (Wildman–Crippen MR) is 73.2 cm³/mol. The molecule has 0 radical (unpaired) electrons. The van der Waals surface area contributed by atoms with Crippen molar-refractivity contribution in [3.63, 3.8) is 0 Å². The highest BCUT2D eigenvalue weighted by molar-refractivity contribution is 5.13. The van der Waals surface area contributed by atoms with Crippen LogP contribution in [0.3, 0.4) is 0 Å². The lowest BCUT2D eigenvalue weighted by Crippen LogP contribution is -2.29. The molecule has 0 aromatic heterocycles. The molecular weight excluding hydrogens is 228 g/mol. The van der Waals surface area contributed by atoms with Crippen molar-refractivity contribution in [1.82, 2.24) is 0 Å². The molecule has 1 heterocycles. The van der Waals surface area contributed by atoms with E-state index in [1.165, 1.54) is 0 Å². The van der Waals surface area contributed by atoms with Gasteiger partial charge in [-0.1, -0.05) is 50.3 Å². The zero-order chi connectivity index (χ0) is 13.4. The minimum absolute atomic E-state index is 0.0185. The Morgan fingerprint density at radius 3 is 2.28 bits per heavy atom. The summed E-state index contributed by atoms with van der Waals surface area (Å²) in [4.78, 5) is 0. The number of ether oxygens (including phenoxy) is 2. The first-order valence-electron chi connectivity index (χ1n) is 6.64. The van der Waals surface area contributed by atoms with Gasteiger partial charge in [-0.15, -0.1) is 0 Å². The number of rotatable bonds is 6. The van der Waals surface area contributed by atoms with Crippen LogP contribution in [0.1, 0.15) is 33.6 Å². The van der Waals surface area contributed by atoms with Crippen LogP contribution >= 0.6 is 0 Å². The summed E-state index contributed by atoms with van der Waals surface area (Å²) in [7, 11) is 0. The fraction of sp³-hybridized carbons (Fsp3) is 0.600. The third-order valence-corrected chi connectivity index (χ3v) is 3.17. The van der Waals surface area contributed by atoms with E-state index < -0.39 is 5.79 Å². The van der Waals surface area contributed by atoms with E-state index in [2.05, 4.69) is 0 Å². The molecule has 102 valence electrons. The van der Waals surface area contributed by atoms with Crippen molar-refractivity contribution in [1.29, 1.82) is 0 Å². The average molecular weight is 252 g/mol. The molecule has 1 N–H and O–H groups in total. The maximum Gasteiger partial charge on any atom is 0.169 e. The Balaban J connectivity index is 2.64. The Labute approximate surface area is 110 Å². The van der Waals surface area contributed by atoms with Crippen LogP contribution in [0.2, 0.25) is 0 Å². The molecule has 0 aliphatic carbocycles. The Hall–Kier alpha value is -0.900. The van der Waals surface area contributed by atoms with Gasteiger partial charge in [0.05, 0.1) is 6.61 Å². The highest BCUT2D eigenvalue weighted by Crippen LogP contribution is 2.34. The van der Waals surface area contributed by atoms with E-state index in [0.29, 0.717) is 0 Å². The van der Waals surface area contributed by atoms with Gasteiger partial charge in [0.2, 0.25) is 0 Å². The maximum absolute atomic E-state index is 9.33.